The lowest BCUT2D eigenvalue weighted by Crippen LogP contribution is -2.50. The number of nitrogens with zero attached hydrogens (tertiary/aromatic N) is 5. The predicted octanol–water partition coefficient (Wildman–Crippen LogP) is 1.82. The van der Waals surface area contributed by atoms with Crippen LogP contribution >= 0.6 is 0 Å². The normalized spacial score (nSPS) is 21.0. The van der Waals surface area contributed by atoms with E-state index in [2.05, 4.69) is 51.1 Å². The Hall–Kier alpha value is -2.41. The summed E-state index contributed by atoms with van der Waals surface area (Å²) in [6.07, 6.45) is 0.897. The molecule has 0 radical (unpaired) electrons. The number of amides is 1. The summed E-state index contributed by atoms with van der Waals surface area (Å²) in [7, 11) is 0. The first kappa shape index (κ1) is 18.0. The second-order valence-electron chi connectivity index (χ2n) is 7.61. The van der Waals surface area contributed by atoms with Gasteiger partial charge in [0.05, 0.1) is 12.5 Å². The quantitative estimate of drug-likeness (QED) is 0.819. The molecule has 0 unspecified atom stereocenters. The number of aromatic nitrogens is 2. The average Bonchev–Trinajstić information content (AvgIpc) is 3.31. The number of anilines is 1. The SMILES string of the molecule is Cc1cccc(N2CCN(CC(=O)N3CC[C@@H](c4nc(C)no4)C3)CC2)c1. The van der Waals surface area contributed by atoms with E-state index in [9.17, 15) is 4.79 Å². The van der Waals surface area contributed by atoms with Gasteiger partial charge in [0.15, 0.2) is 5.82 Å². The van der Waals surface area contributed by atoms with E-state index in [1.54, 1.807) is 0 Å². The van der Waals surface area contributed by atoms with Crippen LogP contribution in [-0.4, -0.2) is 71.7 Å². The van der Waals surface area contributed by atoms with Gasteiger partial charge in [-0.3, -0.25) is 9.69 Å². The lowest BCUT2D eigenvalue weighted by Gasteiger charge is -2.36. The van der Waals surface area contributed by atoms with Gasteiger partial charge in [-0.2, -0.15) is 4.98 Å². The fourth-order valence-corrected chi connectivity index (χ4v) is 3.95. The number of hydrogen-bond acceptors (Lipinski definition) is 6. The summed E-state index contributed by atoms with van der Waals surface area (Å²) in [6, 6.07) is 8.62. The standard InChI is InChI=1S/C20H27N5O2/c1-15-4-3-5-18(12-15)24-10-8-23(9-11-24)14-19(26)25-7-6-17(13-25)20-21-16(2)22-27-20/h3-5,12,17H,6-11,13-14H2,1-2H3/t17-/m1/s1. The molecular formula is C20H27N5O2. The Morgan fingerprint density at radius 3 is 2.70 bits per heavy atom. The summed E-state index contributed by atoms with van der Waals surface area (Å²) >= 11 is 0. The lowest BCUT2D eigenvalue weighted by molar-refractivity contribution is -0.131. The van der Waals surface area contributed by atoms with Gasteiger partial charge in [0.2, 0.25) is 11.8 Å². The lowest BCUT2D eigenvalue weighted by atomic mass is 10.1. The molecule has 4 rings (SSSR count). The maximum absolute atomic E-state index is 12.7. The summed E-state index contributed by atoms with van der Waals surface area (Å²) in [5, 5.41) is 3.86. The topological polar surface area (TPSA) is 65.7 Å². The fourth-order valence-electron chi connectivity index (χ4n) is 3.95. The zero-order valence-corrected chi connectivity index (χ0v) is 16.1. The predicted molar refractivity (Wildman–Crippen MR) is 103 cm³/mol. The van der Waals surface area contributed by atoms with E-state index < -0.39 is 0 Å². The minimum absolute atomic E-state index is 0.174. The smallest absolute Gasteiger partial charge is 0.236 e. The highest BCUT2D eigenvalue weighted by molar-refractivity contribution is 5.78. The monoisotopic (exact) mass is 369 g/mol. The zero-order valence-electron chi connectivity index (χ0n) is 16.1. The molecule has 2 fully saturated rings. The van der Waals surface area contributed by atoms with E-state index >= 15 is 0 Å². The van der Waals surface area contributed by atoms with Crippen molar-refractivity contribution < 1.29 is 9.32 Å². The summed E-state index contributed by atoms with van der Waals surface area (Å²) in [5.74, 6) is 1.70. The molecule has 1 aromatic heterocycles. The molecule has 1 atom stereocenters. The highest BCUT2D eigenvalue weighted by Crippen LogP contribution is 2.26. The Bertz CT molecular complexity index is 797. The number of carbonyl (C=O) groups is 1. The maximum atomic E-state index is 12.7. The number of aryl methyl sites for hydroxylation is 2. The molecule has 2 saturated heterocycles. The van der Waals surface area contributed by atoms with Crippen molar-refractivity contribution in [1.29, 1.82) is 0 Å². The van der Waals surface area contributed by atoms with E-state index in [4.69, 9.17) is 4.52 Å². The van der Waals surface area contributed by atoms with Gasteiger partial charge in [0.1, 0.15) is 0 Å². The van der Waals surface area contributed by atoms with Crippen LogP contribution in [0, 0.1) is 13.8 Å². The Morgan fingerprint density at radius 1 is 1.19 bits per heavy atom. The maximum Gasteiger partial charge on any atom is 0.236 e. The summed E-state index contributed by atoms with van der Waals surface area (Å²) in [4.78, 5) is 23.6. The summed E-state index contributed by atoms with van der Waals surface area (Å²) in [6.45, 7) is 9.65. The Morgan fingerprint density at radius 2 is 2.00 bits per heavy atom. The fraction of sp³-hybridized carbons (Fsp3) is 0.550. The van der Waals surface area contributed by atoms with Crippen LogP contribution in [0.4, 0.5) is 5.69 Å². The van der Waals surface area contributed by atoms with Crippen molar-refractivity contribution in [2.24, 2.45) is 0 Å². The molecule has 2 aliphatic heterocycles. The van der Waals surface area contributed by atoms with Crippen molar-refractivity contribution in [2.45, 2.75) is 26.2 Å². The average molecular weight is 369 g/mol. The second-order valence-corrected chi connectivity index (χ2v) is 7.61. The van der Waals surface area contributed by atoms with Crippen molar-refractivity contribution in [2.75, 3.05) is 50.7 Å². The second kappa shape index (κ2) is 7.68. The van der Waals surface area contributed by atoms with Crippen LogP contribution in [0.25, 0.3) is 0 Å². The molecule has 0 bridgehead atoms. The minimum Gasteiger partial charge on any atom is -0.369 e. The molecule has 0 spiro atoms. The molecule has 0 aliphatic carbocycles. The molecule has 7 nitrogen and oxygen atoms in total. The number of rotatable bonds is 4. The first-order chi connectivity index (χ1) is 13.1. The van der Waals surface area contributed by atoms with Gasteiger partial charge < -0.3 is 14.3 Å². The van der Waals surface area contributed by atoms with Gasteiger partial charge >= 0.3 is 0 Å². The van der Waals surface area contributed by atoms with Crippen molar-refractivity contribution in [3.63, 3.8) is 0 Å². The molecule has 0 N–H and O–H groups in total. The van der Waals surface area contributed by atoms with Crippen molar-refractivity contribution in [3.05, 3.63) is 41.5 Å². The van der Waals surface area contributed by atoms with Crippen molar-refractivity contribution in [1.82, 2.24) is 19.9 Å². The third kappa shape index (κ3) is 4.13. The summed E-state index contributed by atoms with van der Waals surface area (Å²) < 4.78 is 5.27. The molecule has 2 aliphatic rings. The number of likely N-dealkylation sites (tertiary alicyclic amines) is 1. The molecule has 7 heteroatoms. The van der Waals surface area contributed by atoms with Crippen molar-refractivity contribution in [3.8, 4) is 0 Å². The van der Waals surface area contributed by atoms with Gasteiger partial charge in [-0.25, -0.2) is 0 Å². The molecular weight excluding hydrogens is 342 g/mol. The molecule has 3 heterocycles. The van der Waals surface area contributed by atoms with Crippen LogP contribution in [0.3, 0.4) is 0 Å². The molecule has 1 aromatic carbocycles. The third-order valence-corrected chi connectivity index (χ3v) is 5.53. The van der Waals surface area contributed by atoms with Crippen LogP contribution in [0.15, 0.2) is 28.8 Å². The Balaban J connectivity index is 1.26. The van der Waals surface area contributed by atoms with Gasteiger partial charge in [0, 0.05) is 45.0 Å². The van der Waals surface area contributed by atoms with Crippen LogP contribution < -0.4 is 4.90 Å². The highest BCUT2D eigenvalue weighted by Gasteiger charge is 2.31. The molecule has 1 amide bonds. The van der Waals surface area contributed by atoms with E-state index in [1.165, 1.54) is 11.3 Å². The van der Waals surface area contributed by atoms with Crippen LogP contribution in [0.5, 0.6) is 0 Å². The van der Waals surface area contributed by atoms with Gasteiger partial charge in [0.25, 0.3) is 0 Å². The molecule has 144 valence electrons. The Kier molecular flexibility index (Phi) is 5.11. The van der Waals surface area contributed by atoms with E-state index in [0.29, 0.717) is 24.8 Å². The minimum atomic E-state index is 0.174. The molecule has 27 heavy (non-hydrogen) atoms. The zero-order chi connectivity index (χ0) is 18.8. The first-order valence-electron chi connectivity index (χ1n) is 9.70. The van der Waals surface area contributed by atoms with E-state index in [-0.39, 0.29) is 11.8 Å². The van der Waals surface area contributed by atoms with E-state index in [0.717, 1.165) is 39.1 Å². The third-order valence-electron chi connectivity index (χ3n) is 5.53. The van der Waals surface area contributed by atoms with Gasteiger partial charge in [-0.1, -0.05) is 17.3 Å². The van der Waals surface area contributed by atoms with Crippen LogP contribution in [0.1, 0.15) is 29.6 Å². The van der Waals surface area contributed by atoms with Crippen LogP contribution in [0.2, 0.25) is 0 Å². The van der Waals surface area contributed by atoms with Gasteiger partial charge in [-0.15, -0.1) is 0 Å². The van der Waals surface area contributed by atoms with Crippen molar-refractivity contribution >= 4 is 11.6 Å². The number of hydrogen-bond donors (Lipinski definition) is 0. The number of benzene rings is 1. The number of carbonyl (C=O) groups excluding carboxylic acids is 1. The first-order valence-corrected chi connectivity index (χ1v) is 9.70. The largest absolute Gasteiger partial charge is 0.369 e. The highest BCUT2D eigenvalue weighted by atomic mass is 16.5. The van der Waals surface area contributed by atoms with Gasteiger partial charge in [-0.05, 0) is 38.0 Å². The number of piperazine rings is 1. The molecule has 0 saturated carbocycles. The van der Waals surface area contributed by atoms with E-state index in [1.807, 2.05) is 11.8 Å². The molecule has 2 aromatic rings. The Labute approximate surface area is 159 Å². The summed E-state index contributed by atoms with van der Waals surface area (Å²) in [5.41, 5.74) is 2.56. The van der Waals surface area contributed by atoms with Crippen LogP contribution in [-0.2, 0) is 4.79 Å².